The van der Waals surface area contributed by atoms with E-state index < -0.39 is 0 Å². The fraction of sp³-hybridized carbons (Fsp3) is 0.600. The van der Waals surface area contributed by atoms with Gasteiger partial charge in [0.05, 0.1) is 0 Å². The lowest BCUT2D eigenvalue weighted by molar-refractivity contribution is 0.680. The molecule has 0 fully saturated rings. The highest BCUT2D eigenvalue weighted by Gasteiger charge is 2.01. The molecule has 0 aliphatic carbocycles. The molecule has 13 heavy (non-hydrogen) atoms. The molecular formula is C10H16BrNS. The van der Waals surface area contributed by atoms with Crippen molar-refractivity contribution in [3.05, 3.63) is 20.3 Å². The van der Waals surface area contributed by atoms with E-state index in [9.17, 15) is 0 Å². The molecule has 0 spiro atoms. The molecule has 1 aromatic heterocycles. The molecule has 1 heterocycles. The lowest BCUT2D eigenvalue weighted by atomic mass is 10.2. The molecule has 1 nitrogen and oxygen atoms in total. The van der Waals surface area contributed by atoms with Crippen LogP contribution in [-0.2, 0) is 6.42 Å². The molecule has 3 heteroatoms. The summed E-state index contributed by atoms with van der Waals surface area (Å²) in [5, 5.41) is 3.16. The summed E-state index contributed by atoms with van der Waals surface area (Å²) in [7, 11) is 2.01. The van der Waals surface area contributed by atoms with Crippen molar-refractivity contribution in [1.29, 1.82) is 0 Å². The van der Waals surface area contributed by atoms with Gasteiger partial charge in [-0.1, -0.05) is 0 Å². The summed E-state index contributed by atoms with van der Waals surface area (Å²) < 4.78 is 1.26. The zero-order chi connectivity index (χ0) is 9.68. The smallest absolute Gasteiger partial charge is 0.0314 e. The van der Waals surface area contributed by atoms with Gasteiger partial charge in [-0.05, 0) is 61.8 Å². The molecule has 0 aliphatic heterocycles. The van der Waals surface area contributed by atoms with Crippen LogP contribution in [0.1, 0.15) is 22.6 Å². The van der Waals surface area contributed by atoms with Crippen molar-refractivity contribution in [2.24, 2.45) is 0 Å². The number of halogens is 1. The Hall–Kier alpha value is 0.140. The molecular weight excluding hydrogens is 246 g/mol. The van der Waals surface area contributed by atoms with E-state index in [1.54, 1.807) is 0 Å². The Bertz CT molecular complexity index is 238. The van der Waals surface area contributed by atoms with E-state index in [0.29, 0.717) is 0 Å². The van der Waals surface area contributed by atoms with Crippen molar-refractivity contribution in [1.82, 2.24) is 5.32 Å². The van der Waals surface area contributed by atoms with Gasteiger partial charge < -0.3 is 5.32 Å². The van der Waals surface area contributed by atoms with Crippen LogP contribution in [0.2, 0.25) is 0 Å². The minimum Gasteiger partial charge on any atom is -0.320 e. The van der Waals surface area contributed by atoms with Crippen LogP contribution in [0.4, 0.5) is 0 Å². The topological polar surface area (TPSA) is 12.0 Å². The Labute approximate surface area is 92.7 Å². The lowest BCUT2D eigenvalue weighted by Gasteiger charge is -1.97. The van der Waals surface area contributed by atoms with Crippen LogP contribution >= 0.6 is 27.3 Å². The SMILES string of the molecule is CNCCCCc1cc(Br)c(C)s1. The average molecular weight is 262 g/mol. The van der Waals surface area contributed by atoms with Crippen LogP contribution in [-0.4, -0.2) is 13.6 Å². The summed E-state index contributed by atoms with van der Waals surface area (Å²) in [6.45, 7) is 3.29. The Kier molecular flexibility index (Phi) is 4.99. The number of unbranched alkanes of at least 4 members (excludes halogenated alkanes) is 1. The fourth-order valence-corrected chi connectivity index (χ4v) is 2.89. The third-order valence-electron chi connectivity index (χ3n) is 2.01. The van der Waals surface area contributed by atoms with E-state index in [4.69, 9.17) is 0 Å². The number of hydrogen-bond acceptors (Lipinski definition) is 2. The van der Waals surface area contributed by atoms with Crippen molar-refractivity contribution in [3.8, 4) is 0 Å². The number of hydrogen-bond donors (Lipinski definition) is 1. The van der Waals surface area contributed by atoms with Crippen molar-refractivity contribution >= 4 is 27.3 Å². The molecule has 0 bridgehead atoms. The second kappa shape index (κ2) is 5.78. The van der Waals surface area contributed by atoms with Crippen LogP contribution < -0.4 is 5.32 Å². The predicted molar refractivity (Wildman–Crippen MR) is 63.6 cm³/mol. The summed E-state index contributed by atoms with van der Waals surface area (Å²) in [5.41, 5.74) is 0. The molecule has 74 valence electrons. The summed E-state index contributed by atoms with van der Waals surface area (Å²) in [6.07, 6.45) is 3.77. The summed E-state index contributed by atoms with van der Waals surface area (Å²) in [4.78, 5) is 2.89. The van der Waals surface area contributed by atoms with Gasteiger partial charge >= 0.3 is 0 Å². The zero-order valence-electron chi connectivity index (χ0n) is 8.19. The zero-order valence-corrected chi connectivity index (χ0v) is 10.6. The van der Waals surface area contributed by atoms with Crippen molar-refractivity contribution < 1.29 is 0 Å². The Morgan fingerprint density at radius 2 is 2.23 bits per heavy atom. The molecule has 0 saturated carbocycles. The van der Waals surface area contributed by atoms with Crippen molar-refractivity contribution in [3.63, 3.8) is 0 Å². The van der Waals surface area contributed by atoms with Gasteiger partial charge in [0.25, 0.3) is 0 Å². The number of thiophene rings is 1. The fourth-order valence-electron chi connectivity index (χ4n) is 1.24. The van der Waals surface area contributed by atoms with Gasteiger partial charge in [-0.25, -0.2) is 0 Å². The second-order valence-corrected chi connectivity index (χ2v) is 5.37. The standard InChI is InChI=1S/C10H16BrNS/c1-8-10(11)7-9(13-8)5-3-4-6-12-2/h7,12H,3-6H2,1-2H3. The third kappa shape index (κ3) is 3.79. The molecule has 0 saturated heterocycles. The maximum absolute atomic E-state index is 3.54. The van der Waals surface area contributed by atoms with Crippen molar-refractivity contribution in [2.75, 3.05) is 13.6 Å². The van der Waals surface area contributed by atoms with Crippen molar-refractivity contribution in [2.45, 2.75) is 26.2 Å². The second-order valence-electron chi connectivity index (χ2n) is 3.18. The van der Waals surface area contributed by atoms with E-state index in [-0.39, 0.29) is 0 Å². The highest BCUT2D eigenvalue weighted by molar-refractivity contribution is 9.10. The van der Waals surface area contributed by atoms with E-state index in [2.05, 4.69) is 34.2 Å². The molecule has 0 atom stereocenters. The van der Waals surface area contributed by atoms with E-state index in [0.717, 1.165) is 6.54 Å². The number of nitrogens with one attached hydrogen (secondary N) is 1. The maximum atomic E-state index is 3.54. The van der Waals surface area contributed by atoms with Crippen LogP contribution in [0.25, 0.3) is 0 Å². The highest BCUT2D eigenvalue weighted by atomic mass is 79.9. The molecule has 0 radical (unpaired) electrons. The number of aryl methyl sites for hydroxylation is 2. The van der Waals surface area contributed by atoms with Gasteiger partial charge in [0.15, 0.2) is 0 Å². The predicted octanol–water partition coefficient (Wildman–Crippen LogP) is 3.36. The van der Waals surface area contributed by atoms with Crippen LogP contribution in [0.15, 0.2) is 10.5 Å². The van der Waals surface area contributed by atoms with Gasteiger partial charge in [0.2, 0.25) is 0 Å². The normalized spacial score (nSPS) is 10.7. The lowest BCUT2D eigenvalue weighted by Crippen LogP contribution is -2.07. The largest absolute Gasteiger partial charge is 0.320 e. The van der Waals surface area contributed by atoms with E-state index in [1.165, 1.54) is 33.5 Å². The minimum atomic E-state index is 1.13. The Balaban J connectivity index is 2.29. The van der Waals surface area contributed by atoms with Gasteiger partial charge in [0, 0.05) is 14.2 Å². The summed E-state index contributed by atoms with van der Waals surface area (Å²) >= 11 is 5.44. The van der Waals surface area contributed by atoms with Crippen LogP contribution in [0.5, 0.6) is 0 Å². The van der Waals surface area contributed by atoms with Gasteiger partial charge in [0.1, 0.15) is 0 Å². The minimum absolute atomic E-state index is 1.13. The summed E-state index contributed by atoms with van der Waals surface area (Å²) in [6, 6.07) is 2.25. The van der Waals surface area contributed by atoms with Gasteiger partial charge in [-0.2, -0.15) is 0 Å². The van der Waals surface area contributed by atoms with Crippen LogP contribution in [0, 0.1) is 6.92 Å². The van der Waals surface area contributed by atoms with Crippen LogP contribution in [0.3, 0.4) is 0 Å². The quantitative estimate of drug-likeness (QED) is 0.802. The Morgan fingerprint density at radius 1 is 1.46 bits per heavy atom. The maximum Gasteiger partial charge on any atom is 0.0314 e. The average Bonchev–Trinajstić information content (AvgIpc) is 2.41. The van der Waals surface area contributed by atoms with E-state index in [1.807, 2.05) is 18.4 Å². The van der Waals surface area contributed by atoms with E-state index >= 15 is 0 Å². The molecule has 0 amide bonds. The molecule has 0 unspecified atom stereocenters. The summed E-state index contributed by atoms with van der Waals surface area (Å²) in [5.74, 6) is 0. The first-order chi connectivity index (χ1) is 6.24. The third-order valence-corrected chi connectivity index (χ3v) is 4.20. The monoisotopic (exact) mass is 261 g/mol. The highest BCUT2D eigenvalue weighted by Crippen LogP contribution is 2.27. The first-order valence-corrected chi connectivity index (χ1v) is 6.24. The molecule has 1 rings (SSSR count). The number of rotatable bonds is 5. The van der Waals surface area contributed by atoms with Gasteiger partial charge in [-0.15, -0.1) is 11.3 Å². The van der Waals surface area contributed by atoms with Gasteiger partial charge in [-0.3, -0.25) is 0 Å². The molecule has 1 aromatic rings. The first-order valence-electron chi connectivity index (χ1n) is 4.63. The molecule has 1 N–H and O–H groups in total. The molecule has 0 aromatic carbocycles. The first kappa shape index (κ1) is 11.2. The molecule has 0 aliphatic rings. The Morgan fingerprint density at radius 3 is 2.77 bits per heavy atom.